The maximum absolute atomic E-state index is 3.43. The summed E-state index contributed by atoms with van der Waals surface area (Å²) < 4.78 is 0. The van der Waals surface area contributed by atoms with Gasteiger partial charge in [0.2, 0.25) is 0 Å². The van der Waals surface area contributed by atoms with Crippen molar-refractivity contribution in [3.8, 4) is 0 Å². The van der Waals surface area contributed by atoms with Gasteiger partial charge in [0.15, 0.2) is 0 Å². The van der Waals surface area contributed by atoms with Crippen molar-refractivity contribution in [2.75, 3.05) is 13.1 Å². The van der Waals surface area contributed by atoms with E-state index in [-0.39, 0.29) is 0 Å². The summed E-state index contributed by atoms with van der Waals surface area (Å²) in [4.78, 5) is 0. The lowest BCUT2D eigenvalue weighted by Gasteiger charge is -2.15. The summed E-state index contributed by atoms with van der Waals surface area (Å²) in [7, 11) is 0. The molecule has 0 spiro atoms. The van der Waals surface area contributed by atoms with Crippen LogP contribution in [0.1, 0.15) is 29.0 Å². The van der Waals surface area contributed by atoms with Gasteiger partial charge in [0, 0.05) is 6.54 Å². The van der Waals surface area contributed by atoms with Crippen LogP contribution in [0.25, 0.3) is 0 Å². The fourth-order valence-corrected chi connectivity index (χ4v) is 2.37. The van der Waals surface area contributed by atoms with Crippen LogP contribution in [0.4, 0.5) is 0 Å². The van der Waals surface area contributed by atoms with Crippen molar-refractivity contribution < 1.29 is 0 Å². The van der Waals surface area contributed by atoms with E-state index < -0.39 is 0 Å². The molecule has 1 atom stereocenters. The molecule has 0 saturated carbocycles. The summed E-state index contributed by atoms with van der Waals surface area (Å²) >= 11 is 0. The normalized spacial score (nSPS) is 22.2. The van der Waals surface area contributed by atoms with Gasteiger partial charge in [0.05, 0.1) is 0 Å². The van der Waals surface area contributed by atoms with Gasteiger partial charge in [-0.15, -0.1) is 0 Å². The maximum atomic E-state index is 3.43. The van der Waals surface area contributed by atoms with Crippen LogP contribution >= 0.6 is 0 Å². The molecule has 13 heavy (non-hydrogen) atoms. The van der Waals surface area contributed by atoms with Crippen molar-refractivity contribution in [3.05, 3.63) is 34.9 Å². The number of hydrogen-bond donors (Lipinski definition) is 1. The standard InChI is InChI=1S/C12H17N/c1-9-4-3-5-10(2)12(9)11-6-7-13-8-11/h3-5,11,13H,6-8H2,1-2H3/t11-/m0/s1. The zero-order valence-electron chi connectivity index (χ0n) is 8.43. The highest BCUT2D eigenvalue weighted by Gasteiger charge is 2.19. The molecule has 1 N–H and O–H groups in total. The third kappa shape index (κ3) is 1.61. The van der Waals surface area contributed by atoms with Gasteiger partial charge in [-0.25, -0.2) is 0 Å². The quantitative estimate of drug-likeness (QED) is 0.691. The smallest absolute Gasteiger partial charge is 0.00208 e. The second-order valence-corrected chi connectivity index (χ2v) is 4.00. The lowest BCUT2D eigenvalue weighted by molar-refractivity contribution is 0.751. The van der Waals surface area contributed by atoms with E-state index in [1.807, 2.05) is 0 Å². The zero-order valence-corrected chi connectivity index (χ0v) is 8.43. The molecular weight excluding hydrogens is 158 g/mol. The molecule has 70 valence electrons. The number of benzene rings is 1. The largest absolute Gasteiger partial charge is 0.316 e. The molecule has 1 saturated heterocycles. The van der Waals surface area contributed by atoms with Gasteiger partial charge in [-0.2, -0.15) is 0 Å². The van der Waals surface area contributed by atoms with Crippen LogP contribution in [0.2, 0.25) is 0 Å². The van der Waals surface area contributed by atoms with E-state index >= 15 is 0 Å². The molecule has 1 heterocycles. The van der Waals surface area contributed by atoms with Crippen LogP contribution in [-0.2, 0) is 0 Å². The van der Waals surface area contributed by atoms with E-state index in [2.05, 4.69) is 37.4 Å². The number of nitrogens with one attached hydrogen (secondary N) is 1. The molecule has 1 aliphatic rings. The van der Waals surface area contributed by atoms with Gasteiger partial charge < -0.3 is 5.32 Å². The fraction of sp³-hybridized carbons (Fsp3) is 0.500. The van der Waals surface area contributed by atoms with E-state index in [1.165, 1.54) is 24.1 Å². The van der Waals surface area contributed by atoms with Crippen molar-refractivity contribution in [2.45, 2.75) is 26.2 Å². The summed E-state index contributed by atoms with van der Waals surface area (Å²) in [5, 5.41) is 3.43. The third-order valence-corrected chi connectivity index (χ3v) is 3.01. The van der Waals surface area contributed by atoms with Crippen LogP contribution in [0.5, 0.6) is 0 Å². The van der Waals surface area contributed by atoms with Crippen molar-refractivity contribution >= 4 is 0 Å². The van der Waals surface area contributed by atoms with Crippen molar-refractivity contribution in [1.82, 2.24) is 5.32 Å². The first-order valence-electron chi connectivity index (χ1n) is 5.06. The Morgan fingerprint density at radius 2 is 1.92 bits per heavy atom. The molecule has 1 aromatic carbocycles. The predicted molar refractivity (Wildman–Crippen MR) is 56.1 cm³/mol. The Kier molecular flexibility index (Phi) is 2.36. The molecular formula is C12H17N. The molecule has 0 aromatic heterocycles. The summed E-state index contributed by atoms with van der Waals surface area (Å²) in [6.07, 6.45) is 1.30. The van der Waals surface area contributed by atoms with Crippen molar-refractivity contribution in [1.29, 1.82) is 0 Å². The minimum Gasteiger partial charge on any atom is -0.316 e. The van der Waals surface area contributed by atoms with Crippen molar-refractivity contribution in [3.63, 3.8) is 0 Å². The number of hydrogen-bond acceptors (Lipinski definition) is 1. The van der Waals surface area contributed by atoms with E-state index in [9.17, 15) is 0 Å². The zero-order chi connectivity index (χ0) is 9.26. The average Bonchev–Trinajstić information content (AvgIpc) is 2.57. The Morgan fingerprint density at radius 3 is 2.46 bits per heavy atom. The molecule has 1 fully saturated rings. The van der Waals surface area contributed by atoms with E-state index in [1.54, 1.807) is 5.56 Å². The highest BCUT2D eigenvalue weighted by Crippen LogP contribution is 2.27. The highest BCUT2D eigenvalue weighted by molar-refractivity contribution is 5.37. The van der Waals surface area contributed by atoms with Crippen LogP contribution in [0.15, 0.2) is 18.2 Å². The minimum absolute atomic E-state index is 0.751. The van der Waals surface area contributed by atoms with E-state index in [0.717, 1.165) is 12.5 Å². The average molecular weight is 175 g/mol. The molecule has 0 bridgehead atoms. The molecule has 1 nitrogen and oxygen atoms in total. The molecule has 0 amide bonds. The molecule has 1 heteroatoms. The van der Waals surface area contributed by atoms with E-state index in [4.69, 9.17) is 0 Å². The first-order chi connectivity index (χ1) is 6.29. The second-order valence-electron chi connectivity index (χ2n) is 4.00. The van der Waals surface area contributed by atoms with Gasteiger partial charge in [-0.3, -0.25) is 0 Å². The first kappa shape index (κ1) is 8.76. The molecule has 0 unspecified atom stereocenters. The summed E-state index contributed by atoms with van der Waals surface area (Å²) in [6, 6.07) is 6.60. The van der Waals surface area contributed by atoms with Crippen LogP contribution in [0.3, 0.4) is 0 Å². The molecule has 1 aromatic rings. The van der Waals surface area contributed by atoms with Gasteiger partial charge in [-0.1, -0.05) is 18.2 Å². The van der Waals surface area contributed by atoms with Gasteiger partial charge in [-0.05, 0) is 49.4 Å². The number of rotatable bonds is 1. The van der Waals surface area contributed by atoms with Crippen LogP contribution in [-0.4, -0.2) is 13.1 Å². The minimum atomic E-state index is 0.751. The van der Waals surface area contributed by atoms with Gasteiger partial charge in [0.25, 0.3) is 0 Å². The second kappa shape index (κ2) is 3.51. The molecule has 1 aliphatic heterocycles. The van der Waals surface area contributed by atoms with Crippen LogP contribution < -0.4 is 5.32 Å². The highest BCUT2D eigenvalue weighted by atomic mass is 14.9. The number of aryl methyl sites for hydroxylation is 2. The van der Waals surface area contributed by atoms with Crippen LogP contribution in [0, 0.1) is 13.8 Å². The Hall–Kier alpha value is -0.820. The monoisotopic (exact) mass is 175 g/mol. The van der Waals surface area contributed by atoms with Crippen molar-refractivity contribution in [2.24, 2.45) is 0 Å². The fourth-order valence-electron chi connectivity index (χ4n) is 2.37. The Morgan fingerprint density at radius 1 is 1.23 bits per heavy atom. The Balaban J connectivity index is 2.37. The summed E-state index contributed by atoms with van der Waals surface area (Å²) in [5.41, 5.74) is 4.48. The lowest BCUT2D eigenvalue weighted by atomic mass is 9.90. The predicted octanol–water partition coefficient (Wildman–Crippen LogP) is 2.38. The SMILES string of the molecule is Cc1cccc(C)c1[C@H]1CCNC1. The maximum Gasteiger partial charge on any atom is 0.00208 e. The third-order valence-electron chi connectivity index (χ3n) is 3.01. The first-order valence-corrected chi connectivity index (χ1v) is 5.06. The topological polar surface area (TPSA) is 12.0 Å². The molecule has 0 aliphatic carbocycles. The lowest BCUT2D eigenvalue weighted by Crippen LogP contribution is -2.09. The molecule has 2 rings (SSSR count). The van der Waals surface area contributed by atoms with Gasteiger partial charge >= 0.3 is 0 Å². The Labute approximate surface area is 80.2 Å². The summed E-state index contributed by atoms with van der Waals surface area (Å²) in [6.45, 7) is 6.78. The Bertz CT molecular complexity index is 278. The van der Waals surface area contributed by atoms with Gasteiger partial charge in [0.1, 0.15) is 0 Å². The summed E-state index contributed by atoms with van der Waals surface area (Å²) in [5.74, 6) is 0.751. The van der Waals surface area contributed by atoms with E-state index in [0.29, 0.717) is 0 Å². The molecule has 0 radical (unpaired) electrons.